The molecule has 1 N–H and O–H groups in total. The highest BCUT2D eigenvalue weighted by Gasteiger charge is 2.14. The van der Waals surface area contributed by atoms with Crippen LogP contribution < -0.4 is 4.74 Å². The van der Waals surface area contributed by atoms with Crippen molar-refractivity contribution in [2.45, 2.75) is 32.8 Å². The van der Waals surface area contributed by atoms with Crippen LogP contribution in [0.5, 0.6) is 5.75 Å². The van der Waals surface area contributed by atoms with Crippen LogP contribution in [-0.2, 0) is 0 Å². The lowest BCUT2D eigenvalue weighted by Gasteiger charge is -2.16. The number of rotatable bonds is 5. The molecular weight excluding hydrogens is 224 g/mol. The zero-order valence-electron chi connectivity index (χ0n) is 10.1. The third kappa shape index (κ3) is 3.13. The van der Waals surface area contributed by atoms with Crippen LogP contribution in [0.4, 0.5) is 0 Å². The monoisotopic (exact) mass is 242 g/mol. The van der Waals surface area contributed by atoms with Crippen molar-refractivity contribution in [3.05, 3.63) is 28.8 Å². The summed E-state index contributed by atoms with van der Waals surface area (Å²) in [6.07, 6.45) is 0.981. The van der Waals surface area contributed by atoms with Gasteiger partial charge >= 0.3 is 0 Å². The number of hydrogen-bond acceptors (Lipinski definition) is 2. The zero-order chi connectivity index (χ0) is 12.1. The van der Waals surface area contributed by atoms with E-state index in [4.69, 9.17) is 16.3 Å². The Kier molecular flexibility index (Phi) is 5.10. The van der Waals surface area contributed by atoms with Gasteiger partial charge in [-0.1, -0.05) is 0 Å². The molecule has 3 heteroatoms. The molecule has 0 aliphatic carbocycles. The highest BCUT2D eigenvalue weighted by molar-refractivity contribution is 6.17. The van der Waals surface area contributed by atoms with Gasteiger partial charge in [0.2, 0.25) is 0 Å². The zero-order valence-corrected chi connectivity index (χ0v) is 10.8. The van der Waals surface area contributed by atoms with Gasteiger partial charge in [-0.15, -0.1) is 11.6 Å². The van der Waals surface area contributed by atoms with Gasteiger partial charge in [0.1, 0.15) is 5.75 Å². The van der Waals surface area contributed by atoms with E-state index in [9.17, 15) is 5.11 Å². The molecule has 0 heterocycles. The number of ether oxygens (including phenoxy) is 1. The summed E-state index contributed by atoms with van der Waals surface area (Å²) in [6, 6.07) is 3.96. The number of halogens is 1. The molecule has 0 radical (unpaired) electrons. The predicted octanol–water partition coefficient (Wildman–Crippen LogP) is 3.36. The number of aliphatic hydroxyl groups excluding tert-OH is 1. The Morgan fingerprint density at radius 3 is 2.50 bits per heavy atom. The maximum absolute atomic E-state index is 10.0. The van der Waals surface area contributed by atoms with Crippen LogP contribution in [0.1, 0.15) is 35.6 Å². The van der Waals surface area contributed by atoms with Crippen molar-refractivity contribution in [2.24, 2.45) is 0 Å². The predicted molar refractivity (Wildman–Crippen MR) is 67.4 cm³/mol. The first-order valence-electron chi connectivity index (χ1n) is 5.49. The first kappa shape index (κ1) is 13.3. The molecule has 0 fully saturated rings. The summed E-state index contributed by atoms with van der Waals surface area (Å²) in [5.41, 5.74) is 3.20. The van der Waals surface area contributed by atoms with Crippen molar-refractivity contribution in [1.82, 2.24) is 0 Å². The van der Waals surface area contributed by atoms with E-state index < -0.39 is 6.10 Å². The highest BCUT2D eigenvalue weighted by Crippen LogP contribution is 2.30. The molecule has 0 spiro atoms. The summed E-state index contributed by atoms with van der Waals surface area (Å²) in [5, 5.41) is 10.0. The van der Waals surface area contributed by atoms with E-state index in [1.807, 2.05) is 26.0 Å². The van der Waals surface area contributed by atoms with Crippen molar-refractivity contribution in [3.63, 3.8) is 0 Å². The molecule has 1 atom stereocenters. The van der Waals surface area contributed by atoms with Crippen molar-refractivity contribution in [3.8, 4) is 5.75 Å². The standard InChI is InChI=1S/C13H19ClO2/c1-9-7-11(12(15)5-4-6-14)13(16-3)8-10(9)2/h7-8,12,15H,4-6H2,1-3H3. The van der Waals surface area contributed by atoms with Crippen LogP contribution in [0.2, 0.25) is 0 Å². The summed E-state index contributed by atoms with van der Waals surface area (Å²) < 4.78 is 5.29. The van der Waals surface area contributed by atoms with Gasteiger partial charge < -0.3 is 9.84 Å². The minimum Gasteiger partial charge on any atom is -0.496 e. The van der Waals surface area contributed by atoms with E-state index in [-0.39, 0.29) is 0 Å². The number of hydrogen-bond donors (Lipinski definition) is 1. The molecular formula is C13H19ClO2. The van der Waals surface area contributed by atoms with Crippen LogP contribution in [0, 0.1) is 13.8 Å². The lowest BCUT2D eigenvalue weighted by molar-refractivity contribution is 0.162. The average molecular weight is 243 g/mol. The Balaban J connectivity index is 2.96. The van der Waals surface area contributed by atoms with E-state index in [0.29, 0.717) is 12.3 Å². The van der Waals surface area contributed by atoms with Gasteiger partial charge in [-0.3, -0.25) is 0 Å². The topological polar surface area (TPSA) is 29.5 Å². The molecule has 0 aliphatic rings. The largest absolute Gasteiger partial charge is 0.496 e. The molecule has 0 saturated heterocycles. The fourth-order valence-electron chi connectivity index (χ4n) is 1.68. The van der Waals surface area contributed by atoms with Gasteiger partial charge in [0.25, 0.3) is 0 Å². The smallest absolute Gasteiger partial charge is 0.124 e. The molecule has 90 valence electrons. The van der Waals surface area contributed by atoms with E-state index in [1.54, 1.807) is 7.11 Å². The highest BCUT2D eigenvalue weighted by atomic mass is 35.5. The average Bonchev–Trinajstić information content (AvgIpc) is 2.28. The van der Waals surface area contributed by atoms with Crippen molar-refractivity contribution >= 4 is 11.6 Å². The third-order valence-corrected chi connectivity index (χ3v) is 3.08. The second-order valence-corrected chi connectivity index (χ2v) is 4.40. The number of aryl methyl sites for hydroxylation is 2. The molecule has 1 unspecified atom stereocenters. The fourth-order valence-corrected chi connectivity index (χ4v) is 1.83. The SMILES string of the molecule is COc1cc(C)c(C)cc1C(O)CCCCl. The van der Waals surface area contributed by atoms with Gasteiger partial charge in [0.15, 0.2) is 0 Å². The van der Waals surface area contributed by atoms with Crippen LogP contribution in [0.3, 0.4) is 0 Å². The lowest BCUT2D eigenvalue weighted by atomic mass is 9.99. The first-order chi connectivity index (χ1) is 7.60. The van der Waals surface area contributed by atoms with Gasteiger partial charge in [0, 0.05) is 11.4 Å². The van der Waals surface area contributed by atoms with Crippen LogP contribution >= 0.6 is 11.6 Å². The summed E-state index contributed by atoms with van der Waals surface area (Å²) >= 11 is 5.62. The van der Waals surface area contributed by atoms with Gasteiger partial charge in [-0.05, 0) is 49.9 Å². The van der Waals surface area contributed by atoms with Crippen LogP contribution in [0.25, 0.3) is 0 Å². The number of alkyl halides is 1. The number of aliphatic hydroxyl groups is 1. The molecule has 0 amide bonds. The first-order valence-corrected chi connectivity index (χ1v) is 6.02. The lowest BCUT2D eigenvalue weighted by Crippen LogP contribution is -2.02. The van der Waals surface area contributed by atoms with Crippen LogP contribution in [0.15, 0.2) is 12.1 Å². The molecule has 0 aromatic heterocycles. The van der Waals surface area contributed by atoms with Crippen molar-refractivity contribution in [2.75, 3.05) is 13.0 Å². The minimum atomic E-state index is -0.493. The Labute approximate surface area is 102 Å². The Hall–Kier alpha value is -0.730. The van der Waals surface area contributed by atoms with E-state index in [0.717, 1.165) is 17.7 Å². The number of benzene rings is 1. The Bertz CT molecular complexity index is 350. The molecule has 1 aromatic carbocycles. The maximum atomic E-state index is 10.0. The third-order valence-electron chi connectivity index (χ3n) is 2.82. The summed E-state index contributed by atoms with van der Waals surface area (Å²) in [5.74, 6) is 1.33. The van der Waals surface area contributed by atoms with Gasteiger partial charge in [-0.25, -0.2) is 0 Å². The molecule has 1 aromatic rings. The van der Waals surface area contributed by atoms with Crippen molar-refractivity contribution in [1.29, 1.82) is 0 Å². The number of methoxy groups -OCH3 is 1. The van der Waals surface area contributed by atoms with Gasteiger partial charge in [-0.2, -0.15) is 0 Å². The summed E-state index contributed by atoms with van der Waals surface area (Å²) in [7, 11) is 1.63. The molecule has 0 bridgehead atoms. The maximum Gasteiger partial charge on any atom is 0.124 e. The van der Waals surface area contributed by atoms with Gasteiger partial charge in [0.05, 0.1) is 13.2 Å². The van der Waals surface area contributed by atoms with Crippen LogP contribution in [-0.4, -0.2) is 18.1 Å². The molecule has 0 aliphatic heterocycles. The molecule has 0 saturated carbocycles. The molecule has 1 rings (SSSR count). The van der Waals surface area contributed by atoms with Crippen molar-refractivity contribution < 1.29 is 9.84 Å². The van der Waals surface area contributed by atoms with E-state index in [1.165, 1.54) is 11.1 Å². The Morgan fingerprint density at radius 2 is 1.94 bits per heavy atom. The quantitative estimate of drug-likeness (QED) is 0.803. The second kappa shape index (κ2) is 6.12. The second-order valence-electron chi connectivity index (χ2n) is 4.03. The van der Waals surface area contributed by atoms with E-state index >= 15 is 0 Å². The minimum absolute atomic E-state index is 0.493. The Morgan fingerprint density at radius 1 is 1.31 bits per heavy atom. The molecule has 16 heavy (non-hydrogen) atoms. The molecule has 2 nitrogen and oxygen atoms in total. The van der Waals surface area contributed by atoms with E-state index in [2.05, 4.69) is 0 Å². The summed E-state index contributed by atoms with van der Waals surface area (Å²) in [6.45, 7) is 4.07. The normalized spacial score (nSPS) is 12.6. The summed E-state index contributed by atoms with van der Waals surface area (Å²) in [4.78, 5) is 0. The fraction of sp³-hybridized carbons (Fsp3) is 0.538.